The number of nitrogens with zero attached hydrogens (tertiary/aromatic N) is 1. The third-order valence-corrected chi connectivity index (χ3v) is 2.50. The van der Waals surface area contributed by atoms with Crippen molar-refractivity contribution in [3.63, 3.8) is 0 Å². The molecule has 1 aliphatic rings. The molecular weight excluding hydrogens is 221 g/mol. The van der Waals surface area contributed by atoms with E-state index in [0.29, 0.717) is 13.0 Å². The Kier molecular flexibility index (Phi) is 2.29. The first-order chi connectivity index (χ1) is 7.39. The van der Waals surface area contributed by atoms with Crippen molar-refractivity contribution in [3.8, 4) is 0 Å². The lowest BCUT2D eigenvalue weighted by molar-refractivity contribution is -0.137. The number of carbonyl (C=O) groups is 1. The molecule has 86 valence electrons. The molecule has 0 radical (unpaired) electrons. The Hall–Kier alpha value is -1.72. The van der Waals surface area contributed by atoms with Gasteiger partial charge >= 0.3 is 6.18 Å². The minimum Gasteiger partial charge on any atom is -0.398 e. The average Bonchev–Trinajstić information content (AvgIpc) is 2.17. The number of nitrogen functional groups attached to an aromatic ring is 1. The summed E-state index contributed by atoms with van der Waals surface area (Å²) in [5.41, 5.74) is 4.27. The molecule has 1 aliphatic heterocycles. The molecule has 2 N–H and O–H groups in total. The van der Waals surface area contributed by atoms with Crippen LogP contribution in [0.25, 0.3) is 0 Å². The summed E-state index contributed by atoms with van der Waals surface area (Å²) in [6.07, 6.45) is -4.11. The molecule has 1 saturated heterocycles. The van der Waals surface area contributed by atoms with E-state index < -0.39 is 11.7 Å². The number of amides is 1. The summed E-state index contributed by atoms with van der Waals surface area (Å²) in [7, 11) is 0. The van der Waals surface area contributed by atoms with Crippen molar-refractivity contribution in [2.75, 3.05) is 17.2 Å². The summed E-state index contributed by atoms with van der Waals surface area (Å²) in [5.74, 6) is -0.169. The molecule has 6 heteroatoms. The summed E-state index contributed by atoms with van der Waals surface area (Å²) in [6, 6.07) is 3.50. The lowest BCUT2D eigenvalue weighted by Crippen LogP contribution is -2.43. The fraction of sp³-hybridized carbons (Fsp3) is 0.300. The van der Waals surface area contributed by atoms with Gasteiger partial charge in [-0.1, -0.05) is 0 Å². The molecule has 0 unspecified atom stereocenters. The molecule has 0 aromatic heterocycles. The van der Waals surface area contributed by atoms with Crippen molar-refractivity contribution < 1.29 is 18.0 Å². The van der Waals surface area contributed by atoms with Gasteiger partial charge in [-0.2, -0.15) is 13.2 Å². The van der Waals surface area contributed by atoms with Crippen LogP contribution in [0.1, 0.15) is 12.0 Å². The topological polar surface area (TPSA) is 46.3 Å². The van der Waals surface area contributed by atoms with Gasteiger partial charge in [-0.3, -0.25) is 4.79 Å². The van der Waals surface area contributed by atoms with Gasteiger partial charge < -0.3 is 10.6 Å². The number of β-lactam (4-membered cyclic amide) rings is 1. The highest BCUT2D eigenvalue weighted by atomic mass is 19.4. The molecule has 1 heterocycles. The van der Waals surface area contributed by atoms with Gasteiger partial charge in [0.25, 0.3) is 0 Å². The lowest BCUT2D eigenvalue weighted by atomic mass is 10.1. The molecule has 0 bridgehead atoms. The molecule has 0 aliphatic carbocycles. The fourth-order valence-corrected chi connectivity index (χ4v) is 1.55. The van der Waals surface area contributed by atoms with Crippen LogP contribution in [0.15, 0.2) is 18.2 Å². The molecule has 3 nitrogen and oxygen atoms in total. The lowest BCUT2D eigenvalue weighted by Gasteiger charge is -2.31. The Bertz CT molecular complexity index is 442. The minimum absolute atomic E-state index is 0.169. The van der Waals surface area contributed by atoms with Crippen LogP contribution in [-0.2, 0) is 11.0 Å². The average molecular weight is 230 g/mol. The largest absolute Gasteiger partial charge is 0.418 e. The maximum Gasteiger partial charge on any atom is 0.418 e. The number of hydrogen-bond donors (Lipinski definition) is 1. The summed E-state index contributed by atoms with van der Waals surface area (Å²) in [5, 5.41) is 0. The molecule has 1 fully saturated rings. The van der Waals surface area contributed by atoms with Crippen LogP contribution < -0.4 is 10.6 Å². The first-order valence-corrected chi connectivity index (χ1v) is 4.66. The zero-order valence-electron chi connectivity index (χ0n) is 8.21. The number of anilines is 2. The van der Waals surface area contributed by atoms with Crippen molar-refractivity contribution in [2.45, 2.75) is 12.6 Å². The quantitative estimate of drug-likeness (QED) is 0.592. The molecule has 1 amide bonds. The van der Waals surface area contributed by atoms with E-state index in [-0.39, 0.29) is 17.3 Å². The van der Waals surface area contributed by atoms with Crippen LogP contribution in [0, 0.1) is 0 Å². The fourth-order valence-electron chi connectivity index (χ4n) is 1.55. The van der Waals surface area contributed by atoms with E-state index in [4.69, 9.17) is 5.73 Å². The molecule has 1 aromatic carbocycles. The van der Waals surface area contributed by atoms with Crippen molar-refractivity contribution in [1.82, 2.24) is 0 Å². The number of nitrogens with two attached hydrogens (primary N) is 1. The van der Waals surface area contributed by atoms with E-state index >= 15 is 0 Å². The monoisotopic (exact) mass is 230 g/mol. The van der Waals surface area contributed by atoms with Crippen LogP contribution >= 0.6 is 0 Å². The summed E-state index contributed by atoms with van der Waals surface area (Å²) >= 11 is 0. The Morgan fingerprint density at radius 3 is 2.44 bits per heavy atom. The zero-order chi connectivity index (χ0) is 11.9. The van der Waals surface area contributed by atoms with Crippen molar-refractivity contribution >= 4 is 17.3 Å². The van der Waals surface area contributed by atoms with Gasteiger partial charge in [-0.05, 0) is 18.2 Å². The standard InChI is InChI=1S/C10H9F3N2O/c11-10(12,13)7-5-6(1-2-8(7)14)15-4-3-9(15)16/h1-2,5H,3-4,14H2. The number of benzene rings is 1. The maximum absolute atomic E-state index is 12.5. The third-order valence-electron chi connectivity index (χ3n) is 2.50. The zero-order valence-corrected chi connectivity index (χ0v) is 8.21. The van der Waals surface area contributed by atoms with Crippen LogP contribution in [-0.4, -0.2) is 12.5 Å². The summed E-state index contributed by atoms with van der Waals surface area (Å²) in [6.45, 7) is 0.458. The number of hydrogen-bond acceptors (Lipinski definition) is 2. The van der Waals surface area contributed by atoms with Crippen molar-refractivity contribution in [2.24, 2.45) is 0 Å². The maximum atomic E-state index is 12.5. The highest BCUT2D eigenvalue weighted by Gasteiger charge is 2.34. The van der Waals surface area contributed by atoms with Gasteiger partial charge in [0.2, 0.25) is 5.91 Å². The van der Waals surface area contributed by atoms with Crippen LogP contribution in [0.4, 0.5) is 24.5 Å². The summed E-state index contributed by atoms with van der Waals surface area (Å²) < 4.78 is 37.6. The number of carbonyl (C=O) groups excluding carboxylic acids is 1. The number of halogens is 3. The SMILES string of the molecule is Nc1ccc(N2CCC2=O)cc1C(F)(F)F. The van der Waals surface area contributed by atoms with E-state index in [1.807, 2.05) is 0 Å². The van der Waals surface area contributed by atoms with Gasteiger partial charge in [-0.25, -0.2) is 0 Å². The second-order valence-electron chi connectivity index (χ2n) is 3.56. The van der Waals surface area contributed by atoms with Gasteiger partial charge in [0.15, 0.2) is 0 Å². The van der Waals surface area contributed by atoms with Gasteiger partial charge in [0.1, 0.15) is 0 Å². The second kappa shape index (κ2) is 3.40. The Balaban J connectivity index is 2.39. The predicted molar refractivity (Wildman–Crippen MR) is 52.8 cm³/mol. The van der Waals surface area contributed by atoms with E-state index in [0.717, 1.165) is 6.07 Å². The Morgan fingerprint density at radius 2 is 2.00 bits per heavy atom. The minimum atomic E-state index is -4.49. The normalized spacial score (nSPS) is 16.2. The number of alkyl halides is 3. The molecule has 1 aromatic rings. The van der Waals surface area contributed by atoms with Gasteiger partial charge in [0.05, 0.1) is 5.56 Å². The van der Waals surface area contributed by atoms with E-state index in [1.54, 1.807) is 0 Å². The molecule has 0 atom stereocenters. The van der Waals surface area contributed by atoms with Gasteiger partial charge in [0, 0.05) is 24.3 Å². The molecule has 2 rings (SSSR count). The number of rotatable bonds is 1. The Morgan fingerprint density at radius 1 is 1.31 bits per heavy atom. The van der Waals surface area contributed by atoms with E-state index in [2.05, 4.69) is 0 Å². The van der Waals surface area contributed by atoms with E-state index in [1.165, 1.54) is 17.0 Å². The summed E-state index contributed by atoms with van der Waals surface area (Å²) in [4.78, 5) is 12.4. The molecule has 0 spiro atoms. The van der Waals surface area contributed by atoms with Crippen LogP contribution in [0.3, 0.4) is 0 Å². The highest BCUT2D eigenvalue weighted by molar-refractivity contribution is 5.99. The predicted octanol–water partition coefficient (Wildman–Crippen LogP) is 2.02. The first kappa shape index (κ1) is 10.8. The van der Waals surface area contributed by atoms with Crippen molar-refractivity contribution in [3.05, 3.63) is 23.8 Å². The van der Waals surface area contributed by atoms with Crippen molar-refractivity contribution in [1.29, 1.82) is 0 Å². The molecule has 0 saturated carbocycles. The third kappa shape index (κ3) is 1.70. The Labute approximate surface area is 89.6 Å². The van der Waals surface area contributed by atoms with Gasteiger partial charge in [-0.15, -0.1) is 0 Å². The smallest absolute Gasteiger partial charge is 0.398 e. The van der Waals surface area contributed by atoms with Crippen LogP contribution in [0.2, 0.25) is 0 Å². The highest BCUT2D eigenvalue weighted by Crippen LogP contribution is 2.36. The molecule has 16 heavy (non-hydrogen) atoms. The second-order valence-corrected chi connectivity index (χ2v) is 3.56. The first-order valence-electron chi connectivity index (χ1n) is 4.66. The molecular formula is C10H9F3N2O. The van der Waals surface area contributed by atoms with E-state index in [9.17, 15) is 18.0 Å². The van der Waals surface area contributed by atoms with Crippen LogP contribution in [0.5, 0.6) is 0 Å².